The molecule has 1 heterocycles. The zero-order valence-corrected chi connectivity index (χ0v) is 13.5. The number of thiocarbonyl (C=S) groups is 1. The van der Waals surface area contributed by atoms with Gasteiger partial charge in [0.15, 0.2) is 16.6 Å². The zero-order valence-electron chi connectivity index (χ0n) is 12.6. The highest BCUT2D eigenvalue weighted by molar-refractivity contribution is 7.80. The van der Waals surface area contributed by atoms with Gasteiger partial charge in [0, 0.05) is 18.0 Å². The number of H-pyrrole nitrogens is 1. The Bertz CT molecular complexity index is 668. The van der Waals surface area contributed by atoms with Gasteiger partial charge in [0.2, 0.25) is 0 Å². The first-order valence-electron chi connectivity index (χ1n) is 6.61. The lowest BCUT2D eigenvalue weighted by Gasteiger charge is -2.11. The Morgan fingerprint density at radius 1 is 1.18 bits per heavy atom. The predicted octanol–water partition coefficient (Wildman–Crippen LogP) is 2.74. The summed E-state index contributed by atoms with van der Waals surface area (Å²) in [4.78, 5) is 3.07. The largest absolute Gasteiger partial charge is 0.493 e. The third kappa shape index (κ3) is 3.98. The fraction of sp³-hybridized carbons (Fsp3) is 0.200. The second-order valence-electron chi connectivity index (χ2n) is 4.42. The number of nitrogens with one attached hydrogen (secondary N) is 3. The van der Waals surface area contributed by atoms with Crippen molar-refractivity contribution in [1.82, 2.24) is 10.4 Å². The van der Waals surface area contributed by atoms with E-state index < -0.39 is 0 Å². The fourth-order valence-corrected chi connectivity index (χ4v) is 1.99. The Kier molecular flexibility index (Phi) is 5.37. The minimum atomic E-state index is 0.387. The lowest BCUT2D eigenvalue weighted by molar-refractivity contribution is 0.355. The van der Waals surface area contributed by atoms with Gasteiger partial charge in [-0.15, -0.1) is 0 Å². The van der Waals surface area contributed by atoms with Crippen LogP contribution in [0, 0.1) is 0 Å². The molecular weight excluding hydrogens is 300 g/mol. The smallest absolute Gasteiger partial charge is 0.191 e. The van der Waals surface area contributed by atoms with Crippen molar-refractivity contribution >= 4 is 28.7 Å². The average molecular weight is 318 g/mol. The normalized spacial score (nSPS) is 11.0. The van der Waals surface area contributed by atoms with Crippen LogP contribution in [0.25, 0.3) is 0 Å². The SMILES string of the molecule is COc1ccc(NC(=S)N/N=C(\C)c2ccc[nH]2)cc1OC. The van der Waals surface area contributed by atoms with Crippen LogP contribution in [-0.2, 0) is 0 Å². The lowest BCUT2D eigenvalue weighted by atomic mass is 10.3. The van der Waals surface area contributed by atoms with E-state index in [9.17, 15) is 0 Å². The highest BCUT2D eigenvalue weighted by atomic mass is 32.1. The Morgan fingerprint density at radius 3 is 2.59 bits per heavy atom. The molecule has 0 unspecified atom stereocenters. The van der Waals surface area contributed by atoms with Crippen molar-refractivity contribution in [3.63, 3.8) is 0 Å². The Balaban J connectivity index is 1.99. The van der Waals surface area contributed by atoms with Crippen molar-refractivity contribution in [3.8, 4) is 11.5 Å². The van der Waals surface area contributed by atoms with Crippen LogP contribution >= 0.6 is 12.2 Å². The molecule has 0 aliphatic rings. The first-order valence-corrected chi connectivity index (χ1v) is 7.02. The Morgan fingerprint density at radius 2 is 1.95 bits per heavy atom. The van der Waals surface area contributed by atoms with Gasteiger partial charge in [0.05, 0.1) is 25.6 Å². The number of nitrogens with zero attached hydrogens (tertiary/aromatic N) is 1. The average Bonchev–Trinajstić information content (AvgIpc) is 3.07. The molecule has 0 fully saturated rings. The number of methoxy groups -OCH3 is 2. The molecule has 2 aromatic rings. The molecule has 0 bridgehead atoms. The molecule has 0 atom stereocenters. The van der Waals surface area contributed by atoms with Crippen molar-refractivity contribution in [2.45, 2.75) is 6.92 Å². The van der Waals surface area contributed by atoms with Crippen LogP contribution < -0.4 is 20.2 Å². The second kappa shape index (κ2) is 7.46. The number of rotatable bonds is 5. The van der Waals surface area contributed by atoms with Gasteiger partial charge in [-0.05, 0) is 43.4 Å². The number of benzene rings is 1. The highest BCUT2D eigenvalue weighted by Crippen LogP contribution is 2.29. The van der Waals surface area contributed by atoms with Crippen molar-refractivity contribution in [2.24, 2.45) is 5.10 Å². The first kappa shape index (κ1) is 15.8. The number of anilines is 1. The monoisotopic (exact) mass is 318 g/mol. The molecule has 116 valence electrons. The molecular formula is C15H18N4O2S. The molecule has 1 aromatic carbocycles. The van der Waals surface area contributed by atoms with Crippen LogP contribution in [0.5, 0.6) is 11.5 Å². The number of aromatic nitrogens is 1. The third-order valence-electron chi connectivity index (χ3n) is 2.95. The molecule has 0 saturated heterocycles. The number of aromatic amines is 1. The summed E-state index contributed by atoms with van der Waals surface area (Å²) < 4.78 is 10.4. The summed E-state index contributed by atoms with van der Waals surface area (Å²) in [5.74, 6) is 1.29. The van der Waals surface area contributed by atoms with Gasteiger partial charge in [-0.1, -0.05) is 0 Å². The lowest BCUT2D eigenvalue weighted by Crippen LogP contribution is -2.25. The van der Waals surface area contributed by atoms with E-state index >= 15 is 0 Å². The van der Waals surface area contributed by atoms with Crippen LogP contribution in [0.4, 0.5) is 5.69 Å². The van der Waals surface area contributed by atoms with E-state index in [2.05, 4.69) is 20.8 Å². The van der Waals surface area contributed by atoms with E-state index in [1.54, 1.807) is 26.4 Å². The number of hydrazone groups is 1. The molecule has 22 heavy (non-hydrogen) atoms. The predicted molar refractivity (Wildman–Crippen MR) is 91.9 cm³/mol. The standard InChI is InChI=1S/C15H18N4O2S/c1-10(12-5-4-8-16-12)18-19-15(22)17-11-6-7-13(20-2)14(9-11)21-3/h4-9,16H,1-3H3,(H2,17,19,22)/b18-10+. The topological polar surface area (TPSA) is 70.7 Å². The molecule has 3 N–H and O–H groups in total. The summed E-state index contributed by atoms with van der Waals surface area (Å²) in [7, 11) is 3.18. The van der Waals surface area contributed by atoms with Crippen LogP contribution in [0.2, 0.25) is 0 Å². The fourth-order valence-electron chi connectivity index (χ4n) is 1.82. The van der Waals surface area contributed by atoms with Crippen molar-refractivity contribution in [3.05, 3.63) is 42.2 Å². The van der Waals surface area contributed by atoms with Crippen molar-refractivity contribution in [2.75, 3.05) is 19.5 Å². The molecule has 0 amide bonds. The molecule has 2 rings (SSSR count). The molecule has 6 nitrogen and oxygen atoms in total. The van der Waals surface area contributed by atoms with Gasteiger partial charge in [-0.2, -0.15) is 5.10 Å². The molecule has 0 radical (unpaired) electrons. The van der Waals surface area contributed by atoms with Crippen LogP contribution in [-0.4, -0.2) is 30.0 Å². The minimum Gasteiger partial charge on any atom is -0.493 e. The highest BCUT2D eigenvalue weighted by Gasteiger charge is 2.05. The van der Waals surface area contributed by atoms with E-state index in [-0.39, 0.29) is 0 Å². The van der Waals surface area contributed by atoms with Crippen LogP contribution in [0.1, 0.15) is 12.6 Å². The van der Waals surface area contributed by atoms with E-state index in [0.717, 1.165) is 17.1 Å². The summed E-state index contributed by atoms with van der Waals surface area (Å²) in [5, 5.41) is 7.64. The maximum atomic E-state index is 5.25. The van der Waals surface area contributed by atoms with Crippen LogP contribution in [0.15, 0.2) is 41.6 Å². The summed E-state index contributed by atoms with van der Waals surface area (Å²) in [5.41, 5.74) is 5.32. The van der Waals surface area contributed by atoms with Gasteiger partial charge in [-0.3, -0.25) is 5.43 Å². The summed E-state index contributed by atoms with van der Waals surface area (Å²) in [6.45, 7) is 1.89. The summed E-state index contributed by atoms with van der Waals surface area (Å²) >= 11 is 5.21. The van der Waals surface area contributed by atoms with Gasteiger partial charge in [0.1, 0.15) is 0 Å². The molecule has 0 aliphatic carbocycles. The molecule has 7 heteroatoms. The Labute approximate surface area is 134 Å². The minimum absolute atomic E-state index is 0.387. The van der Waals surface area contributed by atoms with Crippen molar-refractivity contribution in [1.29, 1.82) is 0 Å². The van der Waals surface area contributed by atoms with Gasteiger partial charge >= 0.3 is 0 Å². The van der Waals surface area contributed by atoms with E-state index in [0.29, 0.717) is 16.6 Å². The van der Waals surface area contributed by atoms with Gasteiger partial charge < -0.3 is 19.8 Å². The van der Waals surface area contributed by atoms with E-state index in [1.165, 1.54) is 0 Å². The maximum absolute atomic E-state index is 5.25. The quantitative estimate of drug-likeness (QED) is 0.449. The number of hydrogen-bond acceptors (Lipinski definition) is 4. The van der Waals surface area contributed by atoms with Gasteiger partial charge in [-0.25, -0.2) is 0 Å². The second-order valence-corrected chi connectivity index (χ2v) is 4.82. The number of ether oxygens (including phenoxy) is 2. The number of hydrogen-bond donors (Lipinski definition) is 3. The van der Waals surface area contributed by atoms with E-state index in [4.69, 9.17) is 21.7 Å². The first-order chi connectivity index (χ1) is 10.6. The maximum Gasteiger partial charge on any atom is 0.191 e. The zero-order chi connectivity index (χ0) is 15.9. The van der Waals surface area contributed by atoms with Crippen LogP contribution in [0.3, 0.4) is 0 Å². The summed E-state index contributed by atoms with van der Waals surface area (Å²) in [6.07, 6.45) is 1.84. The molecule has 0 spiro atoms. The molecule has 0 saturated carbocycles. The van der Waals surface area contributed by atoms with Crippen molar-refractivity contribution < 1.29 is 9.47 Å². The third-order valence-corrected chi connectivity index (χ3v) is 3.15. The van der Waals surface area contributed by atoms with Gasteiger partial charge in [0.25, 0.3) is 0 Å². The summed E-state index contributed by atoms with van der Waals surface area (Å²) in [6, 6.07) is 9.29. The molecule has 0 aliphatic heterocycles. The molecule has 1 aromatic heterocycles. The Hall–Kier alpha value is -2.54. The van der Waals surface area contributed by atoms with E-state index in [1.807, 2.05) is 31.3 Å².